The van der Waals surface area contributed by atoms with Crippen LogP contribution in [0.5, 0.6) is 0 Å². The number of carbonyl (C=O) groups is 1. The molecule has 0 aliphatic rings. The summed E-state index contributed by atoms with van der Waals surface area (Å²) < 4.78 is 20.5. The van der Waals surface area contributed by atoms with Crippen LogP contribution in [0.25, 0.3) is 22.1 Å². The van der Waals surface area contributed by atoms with Crippen molar-refractivity contribution in [3.05, 3.63) is 42.2 Å². The van der Waals surface area contributed by atoms with E-state index in [-0.39, 0.29) is 103 Å². The van der Waals surface area contributed by atoms with Crippen molar-refractivity contribution in [2.24, 2.45) is 0 Å². The second-order valence-corrected chi connectivity index (χ2v) is 8.65. The second-order valence-electron chi connectivity index (χ2n) is 4.23. The first-order valence-electron chi connectivity index (χ1n) is 6.31. The van der Waals surface area contributed by atoms with Gasteiger partial charge in [0.15, 0.2) is 0 Å². The number of rotatable bonds is 0. The fraction of sp³-hybridized carbons (Fsp3) is 0. The fourth-order valence-corrected chi connectivity index (χ4v) is 4.63. The van der Waals surface area contributed by atoms with Crippen molar-refractivity contribution in [3.8, 4) is 0 Å². The molecule has 4 aromatic rings. The smallest absolute Gasteiger partial charge is 0.652 e. The molecule has 15 heteroatoms. The van der Waals surface area contributed by atoms with Gasteiger partial charge in [0, 0.05) is 13.4 Å². The van der Waals surface area contributed by atoms with E-state index in [2.05, 4.69) is 81.2 Å². The molecule has 0 unspecified atom stereocenters. The largest absolute Gasteiger partial charge is 1.00 e. The van der Waals surface area contributed by atoms with Crippen LogP contribution in [0.4, 0.5) is 4.79 Å². The Labute approximate surface area is 286 Å². The molecule has 0 radical (unpaired) electrons. The topological polar surface area (TPSA) is 115 Å². The van der Waals surface area contributed by atoms with Crippen LogP contribution in [0.1, 0.15) is 0 Å². The van der Waals surface area contributed by atoms with Crippen LogP contribution >= 0.6 is 87.2 Å². The van der Waals surface area contributed by atoms with E-state index in [0.717, 1.165) is 40.0 Å². The zero-order valence-corrected chi connectivity index (χ0v) is 28.4. The molecular weight excluding hydrogens is 722 g/mol. The molecule has 0 N–H and O–H groups in total. The Morgan fingerprint density at radius 3 is 1.61 bits per heavy atom. The molecule has 0 saturated heterocycles. The molecule has 2 aromatic carbocycles. The summed E-state index contributed by atoms with van der Waals surface area (Å²) >= 11 is 16.0. The number of nitrogens with zero attached hydrogens (tertiary/aromatic N) is 4. The van der Waals surface area contributed by atoms with Gasteiger partial charge in [0.2, 0.25) is 0 Å². The van der Waals surface area contributed by atoms with Gasteiger partial charge in [-0.2, -0.15) is 17.5 Å². The van der Waals surface area contributed by atoms with Gasteiger partial charge in [-0.15, -0.1) is 0 Å². The molecule has 0 saturated carbocycles. The second kappa shape index (κ2) is 15.4. The van der Waals surface area contributed by atoms with Gasteiger partial charge >= 0.3 is 103 Å². The van der Waals surface area contributed by atoms with Crippen molar-refractivity contribution in [1.82, 2.24) is 17.5 Å². The zero-order valence-electron chi connectivity index (χ0n) is 14.2. The number of fused-ring (bicyclic) bond motifs is 2. The standard InChI is InChI=1S/2C6H2Br2N2S.CH2O3.2K/c7-3-1-2-4-6(5(3)8)10-11-9-4;7-3-1-2-4(8)6-5(3)9-11-10-6;2-1(3)4;;/h2*1-2H;(H2,2,3,4);;/q;;;2*+1/p-2. The number of hydrogen-bond acceptors (Lipinski definition) is 9. The van der Waals surface area contributed by atoms with Gasteiger partial charge in [-0.3, -0.25) is 0 Å². The van der Waals surface area contributed by atoms with Gasteiger partial charge < -0.3 is 15.0 Å². The molecule has 0 atom stereocenters. The normalized spacial score (nSPS) is 9.29. The van der Waals surface area contributed by atoms with Crippen molar-refractivity contribution < 1.29 is 118 Å². The molecule has 28 heavy (non-hydrogen) atoms. The number of carbonyl (C=O) groups excluding carboxylic acids is 1. The zero-order chi connectivity index (χ0) is 19.3. The third-order valence-electron chi connectivity index (χ3n) is 2.64. The molecule has 0 bridgehead atoms. The van der Waals surface area contributed by atoms with Crippen LogP contribution in [-0.4, -0.2) is 23.6 Å². The molecule has 0 aliphatic heterocycles. The predicted molar refractivity (Wildman–Crippen MR) is 111 cm³/mol. The SMILES string of the molecule is Brc1ccc(Br)c2nsnc12.Brc1ccc2nsnc2c1Br.O=C([O-])[O-].[K+].[K+]. The van der Waals surface area contributed by atoms with Crippen LogP contribution in [0.2, 0.25) is 0 Å². The number of hydrogen-bond donors (Lipinski definition) is 0. The van der Waals surface area contributed by atoms with Gasteiger partial charge in [0.25, 0.3) is 0 Å². The van der Waals surface area contributed by atoms with E-state index in [1.807, 2.05) is 24.3 Å². The van der Waals surface area contributed by atoms with Gasteiger partial charge in [-0.05, 0) is 94.1 Å². The van der Waals surface area contributed by atoms with E-state index in [9.17, 15) is 0 Å². The Hall–Kier alpha value is 2.54. The molecule has 0 aliphatic carbocycles. The molecule has 0 fully saturated rings. The maximum atomic E-state index is 8.33. The van der Waals surface area contributed by atoms with Gasteiger partial charge in [0.05, 0.1) is 27.9 Å². The monoisotopic (exact) mass is 722 g/mol. The summed E-state index contributed by atoms with van der Waals surface area (Å²) in [7, 11) is 0. The minimum atomic E-state index is -2.33. The van der Waals surface area contributed by atoms with Gasteiger partial charge in [0.1, 0.15) is 22.1 Å². The average Bonchev–Trinajstić information content (AvgIpc) is 3.24. The first-order valence-corrected chi connectivity index (χ1v) is 10.9. The molecular formula is C13H4Br4K2N4O3S2. The third-order valence-corrected chi connectivity index (χ3v) is 6.98. The molecule has 4 rings (SSSR count). The summed E-state index contributed by atoms with van der Waals surface area (Å²) in [6.45, 7) is 0. The predicted octanol–water partition coefficient (Wildman–Crippen LogP) is -2.01. The number of benzene rings is 2. The van der Waals surface area contributed by atoms with Crippen LogP contribution in [-0.2, 0) is 0 Å². The van der Waals surface area contributed by atoms with Gasteiger partial charge in [-0.25, -0.2) is 0 Å². The van der Waals surface area contributed by atoms with Crippen LogP contribution in [0.3, 0.4) is 0 Å². The molecule has 7 nitrogen and oxygen atoms in total. The van der Waals surface area contributed by atoms with Crippen molar-refractivity contribution >= 4 is 115 Å². The van der Waals surface area contributed by atoms with E-state index in [4.69, 9.17) is 15.0 Å². The first-order chi connectivity index (χ1) is 12.3. The van der Waals surface area contributed by atoms with Crippen molar-refractivity contribution in [1.29, 1.82) is 0 Å². The molecule has 2 aromatic heterocycles. The minimum absolute atomic E-state index is 0. The quantitative estimate of drug-likeness (QED) is 0.193. The minimum Gasteiger partial charge on any atom is -0.652 e. The van der Waals surface area contributed by atoms with E-state index in [1.165, 1.54) is 23.5 Å². The van der Waals surface area contributed by atoms with Crippen molar-refractivity contribution in [3.63, 3.8) is 0 Å². The summed E-state index contributed by atoms with van der Waals surface area (Å²) in [6, 6.07) is 7.79. The number of halogens is 4. The molecule has 0 amide bonds. The Kier molecular flexibility index (Phi) is 16.8. The van der Waals surface area contributed by atoms with E-state index >= 15 is 0 Å². The maximum Gasteiger partial charge on any atom is 1.00 e. The van der Waals surface area contributed by atoms with Crippen LogP contribution in [0, 0.1) is 0 Å². The summed E-state index contributed by atoms with van der Waals surface area (Å²) in [5, 5.41) is 16.7. The fourth-order valence-electron chi connectivity index (χ4n) is 1.60. The summed E-state index contributed by atoms with van der Waals surface area (Å²) in [5.41, 5.74) is 3.70. The van der Waals surface area contributed by atoms with Crippen LogP contribution in [0.15, 0.2) is 42.2 Å². The van der Waals surface area contributed by atoms with Crippen molar-refractivity contribution in [2.45, 2.75) is 0 Å². The number of carboxylic acid groups (broad SMARTS) is 2. The Balaban J connectivity index is 0.000000415. The van der Waals surface area contributed by atoms with Gasteiger partial charge in [-0.1, -0.05) is 0 Å². The number of aromatic nitrogens is 4. The summed E-state index contributed by atoms with van der Waals surface area (Å²) in [4.78, 5) is 8.33. The molecule has 136 valence electrons. The Morgan fingerprint density at radius 1 is 0.714 bits per heavy atom. The van der Waals surface area contributed by atoms with E-state index in [0.29, 0.717) is 0 Å². The maximum absolute atomic E-state index is 8.33. The molecule has 0 spiro atoms. The first kappa shape index (κ1) is 30.5. The Morgan fingerprint density at radius 2 is 1.11 bits per heavy atom. The van der Waals surface area contributed by atoms with Crippen molar-refractivity contribution in [2.75, 3.05) is 0 Å². The Bertz CT molecular complexity index is 1030. The summed E-state index contributed by atoms with van der Waals surface area (Å²) in [6.07, 6.45) is -2.33. The van der Waals surface area contributed by atoms with Crippen LogP contribution < -0.4 is 113 Å². The van der Waals surface area contributed by atoms with E-state index in [1.54, 1.807) is 0 Å². The summed E-state index contributed by atoms with van der Waals surface area (Å²) in [5.74, 6) is 0. The molecule has 2 heterocycles. The van der Waals surface area contributed by atoms with E-state index < -0.39 is 6.16 Å². The third kappa shape index (κ3) is 9.19. The average molecular weight is 726 g/mol.